The zero-order valence-electron chi connectivity index (χ0n) is 18.4. The standard InChI is InChI=1S/C25H15Cl3N2O6/c1-35-24(33)13-4-9-17(10-5-13)36-25(34)14-2-7-16(8-3-14)29-21-20(28)22(31)30(23(21)32)19-11-6-15(26)12-18(19)27/h2-12,29H,1H3. The van der Waals surface area contributed by atoms with Crippen molar-refractivity contribution < 1.29 is 28.7 Å². The number of nitrogens with one attached hydrogen (secondary N) is 1. The number of esters is 2. The summed E-state index contributed by atoms with van der Waals surface area (Å²) in [7, 11) is 1.27. The molecule has 11 heteroatoms. The van der Waals surface area contributed by atoms with Gasteiger partial charge in [0.15, 0.2) is 0 Å². The maximum atomic E-state index is 12.9. The van der Waals surface area contributed by atoms with Crippen LogP contribution in [0.4, 0.5) is 11.4 Å². The van der Waals surface area contributed by atoms with Gasteiger partial charge in [-0.15, -0.1) is 0 Å². The number of anilines is 2. The number of carbonyl (C=O) groups is 4. The molecule has 0 spiro atoms. The monoisotopic (exact) mass is 544 g/mol. The molecule has 0 radical (unpaired) electrons. The number of methoxy groups -OCH3 is 1. The van der Waals surface area contributed by atoms with E-state index in [-0.39, 0.29) is 32.8 Å². The van der Waals surface area contributed by atoms with E-state index in [0.29, 0.717) is 16.3 Å². The lowest BCUT2D eigenvalue weighted by Crippen LogP contribution is -2.32. The van der Waals surface area contributed by atoms with Crippen LogP contribution < -0.4 is 15.0 Å². The smallest absolute Gasteiger partial charge is 0.343 e. The number of rotatable bonds is 6. The normalized spacial score (nSPS) is 13.2. The summed E-state index contributed by atoms with van der Waals surface area (Å²) >= 11 is 18.2. The zero-order valence-corrected chi connectivity index (χ0v) is 20.6. The van der Waals surface area contributed by atoms with Gasteiger partial charge in [0.2, 0.25) is 0 Å². The van der Waals surface area contributed by atoms with Gasteiger partial charge in [0.05, 0.1) is 28.9 Å². The van der Waals surface area contributed by atoms with Gasteiger partial charge in [-0.3, -0.25) is 9.59 Å². The van der Waals surface area contributed by atoms with Crippen LogP contribution in [0.15, 0.2) is 77.5 Å². The zero-order chi connectivity index (χ0) is 26.0. The van der Waals surface area contributed by atoms with Gasteiger partial charge in [0.25, 0.3) is 11.8 Å². The fraction of sp³-hybridized carbons (Fsp3) is 0.0400. The number of hydrogen-bond acceptors (Lipinski definition) is 7. The quantitative estimate of drug-likeness (QED) is 0.250. The molecule has 4 rings (SSSR count). The Hall–Kier alpha value is -3.85. The molecular weight excluding hydrogens is 531 g/mol. The van der Waals surface area contributed by atoms with Gasteiger partial charge in [-0.1, -0.05) is 34.8 Å². The second-order valence-corrected chi connectivity index (χ2v) is 8.56. The van der Waals surface area contributed by atoms with E-state index in [0.717, 1.165) is 4.90 Å². The summed E-state index contributed by atoms with van der Waals surface area (Å²) < 4.78 is 9.93. The van der Waals surface area contributed by atoms with Gasteiger partial charge in [-0.05, 0) is 66.7 Å². The molecule has 0 aromatic heterocycles. The Bertz CT molecular complexity index is 1420. The third-order valence-corrected chi connectivity index (χ3v) is 5.94. The fourth-order valence-corrected chi connectivity index (χ4v) is 3.98. The first-order valence-electron chi connectivity index (χ1n) is 10.2. The van der Waals surface area contributed by atoms with E-state index >= 15 is 0 Å². The minimum Gasteiger partial charge on any atom is -0.465 e. The molecule has 0 unspecified atom stereocenters. The van der Waals surface area contributed by atoms with Gasteiger partial charge in [0.1, 0.15) is 16.5 Å². The number of halogens is 3. The maximum Gasteiger partial charge on any atom is 0.343 e. The summed E-state index contributed by atoms with van der Waals surface area (Å²) in [5, 5.41) is 2.95. The van der Waals surface area contributed by atoms with Crippen molar-refractivity contribution in [3.63, 3.8) is 0 Å². The van der Waals surface area contributed by atoms with Crippen LogP contribution in [0.3, 0.4) is 0 Å². The Morgan fingerprint density at radius 2 is 1.42 bits per heavy atom. The van der Waals surface area contributed by atoms with Crippen LogP contribution in [0.25, 0.3) is 0 Å². The summed E-state index contributed by atoms with van der Waals surface area (Å²) in [5.41, 5.74) is 0.934. The Labute approximate surface area is 219 Å². The van der Waals surface area contributed by atoms with Crippen molar-refractivity contribution in [3.05, 3.63) is 98.6 Å². The number of hydrogen-bond donors (Lipinski definition) is 1. The van der Waals surface area contributed by atoms with Crippen LogP contribution >= 0.6 is 34.8 Å². The van der Waals surface area contributed by atoms with Gasteiger partial charge in [-0.25, -0.2) is 14.5 Å². The number of benzene rings is 3. The number of carbonyl (C=O) groups excluding carboxylic acids is 4. The highest BCUT2D eigenvalue weighted by Gasteiger charge is 2.39. The van der Waals surface area contributed by atoms with Crippen molar-refractivity contribution in [1.29, 1.82) is 0 Å². The lowest BCUT2D eigenvalue weighted by atomic mass is 10.2. The highest BCUT2D eigenvalue weighted by Crippen LogP contribution is 2.35. The molecule has 8 nitrogen and oxygen atoms in total. The first kappa shape index (κ1) is 25.2. The third-order valence-electron chi connectivity index (χ3n) is 5.05. The van der Waals surface area contributed by atoms with E-state index in [9.17, 15) is 19.2 Å². The molecule has 1 N–H and O–H groups in total. The molecule has 3 aromatic rings. The van der Waals surface area contributed by atoms with Gasteiger partial charge < -0.3 is 14.8 Å². The number of ether oxygens (including phenoxy) is 2. The van der Waals surface area contributed by atoms with Crippen LogP contribution in [0, 0.1) is 0 Å². The first-order chi connectivity index (χ1) is 17.2. The summed E-state index contributed by atoms with van der Waals surface area (Å²) in [5.74, 6) is -2.35. The lowest BCUT2D eigenvalue weighted by molar-refractivity contribution is -0.120. The Balaban J connectivity index is 1.45. The van der Waals surface area contributed by atoms with E-state index < -0.39 is 23.8 Å². The largest absolute Gasteiger partial charge is 0.465 e. The molecule has 0 bridgehead atoms. The Morgan fingerprint density at radius 1 is 0.806 bits per heavy atom. The summed E-state index contributed by atoms with van der Waals surface area (Å²) in [6.45, 7) is 0. The summed E-state index contributed by atoms with van der Waals surface area (Å²) in [4.78, 5) is 50.4. The molecule has 0 aliphatic carbocycles. The van der Waals surface area contributed by atoms with Crippen molar-refractivity contribution in [2.24, 2.45) is 0 Å². The van der Waals surface area contributed by atoms with E-state index in [1.165, 1.54) is 73.8 Å². The minimum absolute atomic E-state index is 0.109. The highest BCUT2D eigenvalue weighted by atomic mass is 35.5. The molecule has 182 valence electrons. The van der Waals surface area contributed by atoms with E-state index in [1.807, 2.05) is 0 Å². The topological polar surface area (TPSA) is 102 Å². The van der Waals surface area contributed by atoms with Crippen LogP contribution in [0.2, 0.25) is 10.0 Å². The molecule has 0 atom stereocenters. The molecule has 1 aliphatic heterocycles. The third kappa shape index (κ3) is 5.06. The average molecular weight is 546 g/mol. The summed E-state index contributed by atoms with van der Waals surface area (Å²) in [6.07, 6.45) is 0. The van der Waals surface area contributed by atoms with Crippen LogP contribution in [-0.4, -0.2) is 30.9 Å². The molecule has 1 heterocycles. The van der Waals surface area contributed by atoms with Crippen molar-refractivity contribution in [2.75, 3.05) is 17.3 Å². The number of nitrogens with zero attached hydrogens (tertiary/aromatic N) is 1. The molecule has 2 amide bonds. The SMILES string of the molecule is COC(=O)c1ccc(OC(=O)c2ccc(NC3=C(Cl)C(=O)N(c4ccc(Cl)cc4Cl)C3=O)cc2)cc1. The van der Waals surface area contributed by atoms with Crippen LogP contribution in [0.1, 0.15) is 20.7 Å². The van der Waals surface area contributed by atoms with Gasteiger partial charge in [-0.2, -0.15) is 0 Å². The molecule has 0 saturated heterocycles. The van der Waals surface area contributed by atoms with E-state index in [1.54, 1.807) is 0 Å². The molecular formula is C25H15Cl3N2O6. The molecule has 3 aromatic carbocycles. The Morgan fingerprint density at radius 3 is 2.03 bits per heavy atom. The summed E-state index contributed by atoms with van der Waals surface area (Å²) in [6, 6.07) is 16.2. The van der Waals surface area contributed by atoms with E-state index in [4.69, 9.17) is 39.5 Å². The maximum absolute atomic E-state index is 12.9. The second-order valence-electron chi connectivity index (χ2n) is 7.34. The average Bonchev–Trinajstić information content (AvgIpc) is 3.07. The molecule has 1 aliphatic rings. The van der Waals surface area contributed by atoms with Crippen LogP contribution in [0.5, 0.6) is 5.75 Å². The predicted molar refractivity (Wildman–Crippen MR) is 135 cm³/mol. The molecule has 0 fully saturated rings. The van der Waals surface area contributed by atoms with E-state index in [2.05, 4.69) is 10.1 Å². The molecule has 0 saturated carbocycles. The van der Waals surface area contributed by atoms with Gasteiger partial charge in [0, 0.05) is 10.7 Å². The molecule has 36 heavy (non-hydrogen) atoms. The number of imide groups is 1. The minimum atomic E-state index is -0.744. The number of amides is 2. The predicted octanol–water partition coefficient (Wildman–Crippen LogP) is 5.43. The van der Waals surface area contributed by atoms with Crippen molar-refractivity contribution in [3.8, 4) is 5.75 Å². The van der Waals surface area contributed by atoms with Crippen molar-refractivity contribution in [1.82, 2.24) is 0 Å². The first-order valence-corrected chi connectivity index (χ1v) is 11.3. The van der Waals surface area contributed by atoms with Crippen LogP contribution in [-0.2, 0) is 14.3 Å². The Kier molecular flexibility index (Phi) is 7.30. The fourth-order valence-electron chi connectivity index (χ4n) is 3.27. The van der Waals surface area contributed by atoms with Crippen molar-refractivity contribution in [2.45, 2.75) is 0 Å². The lowest BCUT2D eigenvalue weighted by Gasteiger charge is -2.16. The highest BCUT2D eigenvalue weighted by molar-refractivity contribution is 6.54. The van der Waals surface area contributed by atoms with Crippen molar-refractivity contribution >= 4 is 69.9 Å². The second kappa shape index (κ2) is 10.4. The van der Waals surface area contributed by atoms with Gasteiger partial charge >= 0.3 is 11.9 Å².